The molecule has 0 aliphatic carbocycles. The Labute approximate surface area is 94.6 Å². The first-order valence-corrected chi connectivity index (χ1v) is 5.13. The number of allylic oxidation sites excluding steroid dienone is 1. The van der Waals surface area contributed by atoms with Crippen LogP contribution in [-0.4, -0.2) is 29.4 Å². The van der Waals surface area contributed by atoms with Crippen LogP contribution in [0.15, 0.2) is 31.0 Å². The van der Waals surface area contributed by atoms with Crippen LogP contribution in [0, 0.1) is 5.95 Å². The Morgan fingerprint density at radius 2 is 2.44 bits per heavy atom. The van der Waals surface area contributed by atoms with E-state index in [2.05, 4.69) is 11.6 Å². The van der Waals surface area contributed by atoms with Crippen LogP contribution in [0.1, 0.15) is 23.2 Å². The van der Waals surface area contributed by atoms with E-state index in [1.54, 1.807) is 19.2 Å². The van der Waals surface area contributed by atoms with E-state index in [4.69, 9.17) is 0 Å². The van der Waals surface area contributed by atoms with Gasteiger partial charge < -0.3 is 4.90 Å². The van der Waals surface area contributed by atoms with Gasteiger partial charge in [-0.05, 0) is 25.0 Å². The zero-order valence-corrected chi connectivity index (χ0v) is 9.32. The van der Waals surface area contributed by atoms with Crippen LogP contribution in [0.5, 0.6) is 0 Å². The zero-order valence-electron chi connectivity index (χ0n) is 9.32. The molecule has 86 valence electrons. The lowest BCUT2D eigenvalue weighted by Crippen LogP contribution is -2.28. The standard InChI is InChI=1S/C12H15FN2O/c1-3-4-5-9-15(2)12(16)10-7-6-8-14-11(10)13/h3,6-8H,1,4-5,9H2,2H3. The van der Waals surface area contributed by atoms with Gasteiger partial charge in [0.15, 0.2) is 0 Å². The van der Waals surface area contributed by atoms with Gasteiger partial charge in [-0.15, -0.1) is 6.58 Å². The highest BCUT2D eigenvalue weighted by Crippen LogP contribution is 2.07. The Balaban J connectivity index is 2.63. The molecule has 0 aliphatic rings. The van der Waals surface area contributed by atoms with E-state index in [1.165, 1.54) is 17.2 Å². The van der Waals surface area contributed by atoms with Crippen LogP contribution < -0.4 is 0 Å². The van der Waals surface area contributed by atoms with Gasteiger partial charge >= 0.3 is 0 Å². The van der Waals surface area contributed by atoms with Gasteiger partial charge in [0.05, 0.1) is 5.56 Å². The monoisotopic (exact) mass is 222 g/mol. The molecule has 1 heterocycles. The van der Waals surface area contributed by atoms with Gasteiger partial charge in [-0.25, -0.2) is 4.98 Å². The summed E-state index contributed by atoms with van der Waals surface area (Å²) in [5, 5.41) is 0. The van der Waals surface area contributed by atoms with Crippen molar-refractivity contribution in [3.05, 3.63) is 42.5 Å². The van der Waals surface area contributed by atoms with E-state index >= 15 is 0 Å². The van der Waals surface area contributed by atoms with Gasteiger partial charge in [-0.2, -0.15) is 4.39 Å². The van der Waals surface area contributed by atoms with E-state index in [1.807, 2.05) is 0 Å². The minimum absolute atomic E-state index is 0.0172. The smallest absolute Gasteiger partial charge is 0.258 e. The number of aromatic nitrogens is 1. The molecule has 0 saturated carbocycles. The van der Waals surface area contributed by atoms with Crippen molar-refractivity contribution in [3.8, 4) is 0 Å². The van der Waals surface area contributed by atoms with Crippen LogP contribution in [0.4, 0.5) is 4.39 Å². The summed E-state index contributed by atoms with van der Waals surface area (Å²) >= 11 is 0. The predicted octanol–water partition coefficient (Wildman–Crippen LogP) is 2.26. The fourth-order valence-corrected chi connectivity index (χ4v) is 1.33. The van der Waals surface area contributed by atoms with Gasteiger partial charge in [0.2, 0.25) is 5.95 Å². The van der Waals surface area contributed by atoms with Crippen molar-refractivity contribution in [1.29, 1.82) is 0 Å². The average Bonchev–Trinajstić information content (AvgIpc) is 2.29. The first-order chi connectivity index (χ1) is 7.66. The number of hydrogen-bond donors (Lipinski definition) is 0. The highest BCUT2D eigenvalue weighted by molar-refractivity contribution is 5.93. The average molecular weight is 222 g/mol. The summed E-state index contributed by atoms with van der Waals surface area (Å²) in [5.74, 6) is -1.06. The molecule has 1 aromatic heterocycles. The normalized spacial score (nSPS) is 9.88. The molecule has 0 fully saturated rings. The summed E-state index contributed by atoms with van der Waals surface area (Å²) < 4.78 is 13.2. The number of nitrogens with zero attached hydrogens (tertiary/aromatic N) is 2. The number of amides is 1. The fourth-order valence-electron chi connectivity index (χ4n) is 1.33. The Kier molecular flexibility index (Phi) is 4.64. The molecule has 0 unspecified atom stereocenters. The van der Waals surface area contributed by atoms with E-state index in [0.717, 1.165) is 12.8 Å². The van der Waals surface area contributed by atoms with E-state index in [9.17, 15) is 9.18 Å². The lowest BCUT2D eigenvalue weighted by molar-refractivity contribution is 0.0788. The molecular weight excluding hydrogens is 207 g/mol. The van der Waals surface area contributed by atoms with Crippen molar-refractivity contribution in [2.24, 2.45) is 0 Å². The number of rotatable bonds is 5. The molecule has 0 bridgehead atoms. The van der Waals surface area contributed by atoms with Crippen LogP contribution in [-0.2, 0) is 0 Å². The minimum atomic E-state index is -0.719. The number of carbonyl (C=O) groups excluding carboxylic acids is 1. The molecule has 0 radical (unpaired) electrons. The molecule has 0 aliphatic heterocycles. The highest BCUT2D eigenvalue weighted by Gasteiger charge is 2.15. The van der Waals surface area contributed by atoms with Crippen molar-refractivity contribution >= 4 is 5.91 Å². The topological polar surface area (TPSA) is 33.2 Å². The van der Waals surface area contributed by atoms with Gasteiger partial charge in [0, 0.05) is 19.8 Å². The second-order valence-corrected chi connectivity index (χ2v) is 3.50. The molecule has 0 saturated heterocycles. The van der Waals surface area contributed by atoms with E-state index in [-0.39, 0.29) is 11.5 Å². The third kappa shape index (κ3) is 3.15. The first-order valence-electron chi connectivity index (χ1n) is 5.13. The third-order valence-corrected chi connectivity index (χ3v) is 2.24. The van der Waals surface area contributed by atoms with Crippen molar-refractivity contribution in [2.75, 3.05) is 13.6 Å². The zero-order chi connectivity index (χ0) is 12.0. The summed E-state index contributed by atoms with van der Waals surface area (Å²) in [7, 11) is 1.65. The SMILES string of the molecule is C=CCCCN(C)C(=O)c1cccnc1F. The molecule has 0 aromatic carbocycles. The maximum atomic E-state index is 13.2. The van der Waals surface area contributed by atoms with Gasteiger partial charge in [-0.1, -0.05) is 6.08 Å². The second kappa shape index (κ2) is 6.00. The summed E-state index contributed by atoms with van der Waals surface area (Å²) in [6.45, 7) is 4.18. The number of hydrogen-bond acceptors (Lipinski definition) is 2. The predicted molar refractivity (Wildman–Crippen MR) is 60.6 cm³/mol. The molecule has 3 nitrogen and oxygen atoms in total. The molecule has 0 spiro atoms. The Morgan fingerprint density at radius 1 is 1.69 bits per heavy atom. The number of halogens is 1. The first kappa shape index (κ1) is 12.4. The van der Waals surface area contributed by atoms with Crippen molar-refractivity contribution in [1.82, 2.24) is 9.88 Å². The molecule has 16 heavy (non-hydrogen) atoms. The summed E-state index contributed by atoms with van der Waals surface area (Å²) in [4.78, 5) is 16.7. The second-order valence-electron chi connectivity index (χ2n) is 3.50. The molecule has 1 aromatic rings. The van der Waals surface area contributed by atoms with Crippen LogP contribution in [0.25, 0.3) is 0 Å². The maximum Gasteiger partial charge on any atom is 0.258 e. The molecule has 0 N–H and O–H groups in total. The van der Waals surface area contributed by atoms with Gasteiger partial charge in [-0.3, -0.25) is 4.79 Å². The molecule has 1 rings (SSSR count). The molecule has 1 amide bonds. The van der Waals surface area contributed by atoms with Crippen LogP contribution in [0.3, 0.4) is 0 Å². The quantitative estimate of drug-likeness (QED) is 0.435. The molecule has 4 heteroatoms. The van der Waals surface area contributed by atoms with Crippen LogP contribution in [0.2, 0.25) is 0 Å². The van der Waals surface area contributed by atoms with Crippen LogP contribution >= 0.6 is 0 Å². The molecule has 0 atom stereocenters. The van der Waals surface area contributed by atoms with E-state index < -0.39 is 5.95 Å². The lowest BCUT2D eigenvalue weighted by Gasteiger charge is -2.16. The van der Waals surface area contributed by atoms with Gasteiger partial charge in [0.25, 0.3) is 5.91 Å². The largest absolute Gasteiger partial charge is 0.342 e. The minimum Gasteiger partial charge on any atom is -0.342 e. The van der Waals surface area contributed by atoms with Crippen molar-refractivity contribution in [2.45, 2.75) is 12.8 Å². The summed E-state index contributed by atoms with van der Waals surface area (Å²) in [6, 6.07) is 2.99. The van der Waals surface area contributed by atoms with Crippen molar-refractivity contribution in [3.63, 3.8) is 0 Å². The number of unbranched alkanes of at least 4 members (excludes halogenated alkanes) is 1. The number of pyridine rings is 1. The molecular formula is C12H15FN2O. The summed E-state index contributed by atoms with van der Waals surface area (Å²) in [6.07, 6.45) is 4.79. The fraction of sp³-hybridized carbons (Fsp3) is 0.333. The van der Waals surface area contributed by atoms with E-state index in [0.29, 0.717) is 6.54 Å². The summed E-state index contributed by atoms with van der Waals surface area (Å²) in [5.41, 5.74) is 0.0172. The lowest BCUT2D eigenvalue weighted by atomic mass is 10.2. The highest BCUT2D eigenvalue weighted by atomic mass is 19.1. The maximum absolute atomic E-state index is 13.2. The Hall–Kier alpha value is -1.71. The Morgan fingerprint density at radius 3 is 3.06 bits per heavy atom. The Bertz CT molecular complexity index is 379. The number of carbonyl (C=O) groups is 1. The van der Waals surface area contributed by atoms with Crippen molar-refractivity contribution < 1.29 is 9.18 Å². The third-order valence-electron chi connectivity index (χ3n) is 2.24. The van der Waals surface area contributed by atoms with Gasteiger partial charge in [0.1, 0.15) is 0 Å².